The number of piperidine rings is 1. The Morgan fingerprint density at radius 2 is 1.83 bits per heavy atom. The van der Waals surface area contributed by atoms with Gasteiger partial charge in [-0.05, 0) is 63.3 Å². The van der Waals surface area contributed by atoms with Crippen LogP contribution in [0.2, 0.25) is 5.02 Å². The standard InChI is InChI=1S/C22H25ClN4O2/c1-13-12-14(2)27-21(24-13)19(15(3)25-27)22(29)26-10-8-17(9-11-26)20(28)16-4-6-18(23)7-5-16/h4-7,12,17,20,28H,8-11H2,1-3H3/t20-/m1/s1. The smallest absolute Gasteiger partial charge is 0.259 e. The summed E-state index contributed by atoms with van der Waals surface area (Å²) in [6, 6.07) is 9.27. The SMILES string of the molecule is Cc1cc(C)n2nc(C)c(C(=O)N3CCC([C@H](O)c4ccc(Cl)cc4)CC3)c2n1. The van der Waals surface area contributed by atoms with Crippen LogP contribution >= 0.6 is 11.6 Å². The predicted octanol–water partition coefficient (Wildman–Crippen LogP) is 3.89. The maximum Gasteiger partial charge on any atom is 0.259 e. The van der Waals surface area contributed by atoms with Crippen molar-refractivity contribution < 1.29 is 9.90 Å². The van der Waals surface area contributed by atoms with Crippen LogP contribution < -0.4 is 0 Å². The molecule has 3 aromatic rings. The molecule has 4 rings (SSSR count). The number of rotatable bonds is 3. The van der Waals surface area contributed by atoms with E-state index < -0.39 is 6.10 Å². The van der Waals surface area contributed by atoms with Gasteiger partial charge in [0.05, 0.1) is 11.8 Å². The number of benzene rings is 1. The van der Waals surface area contributed by atoms with E-state index in [1.54, 1.807) is 16.6 Å². The van der Waals surface area contributed by atoms with Gasteiger partial charge in [-0.15, -0.1) is 0 Å². The van der Waals surface area contributed by atoms with Crippen LogP contribution in [0.3, 0.4) is 0 Å². The molecule has 1 aliphatic heterocycles. The zero-order valence-corrected chi connectivity index (χ0v) is 17.6. The van der Waals surface area contributed by atoms with Gasteiger partial charge < -0.3 is 10.0 Å². The number of hydrogen-bond acceptors (Lipinski definition) is 4. The van der Waals surface area contributed by atoms with E-state index in [-0.39, 0.29) is 11.8 Å². The molecular formula is C22H25ClN4O2. The van der Waals surface area contributed by atoms with E-state index in [1.165, 1.54) is 0 Å². The van der Waals surface area contributed by atoms with Crippen LogP contribution in [0.25, 0.3) is 5.65 Å². The van der Waals surface area contributed by atoms with E-state index >= 15 is 0 Å². The van der Waals surface area contributed by atoms with Crippen molar-refractivity contribution in [3.63, 3.8) is 0 Å². The minimum atomic E-state index is -0.546. The van der Waals surface area contributed by atoms with Crippen molar-refractivity contribution in [2.24, 2.45) is 5.92 Å². The normalized spacial score (nSPS) is 16.4. The lowest BCUT2D eigenvalue weighted by Gasteiger charge is -2.34. The quantitative estimate of drug-likeness (QED) is 0.708. The van der Waals surface area contributed by atoms with Crippen LogP contribution in [0.15, 0.2) is 30.3 Å². The molecule has 2 aromatic heterocycles. The summed E-state index contributed by atoms with van der Waals surface area (Å²) in [6.45, 7) is 6.96. The molecule has 1 aliphatic rings. The van der Waals surface area contributed by atoms with Crippen molar-refractivity contribution in [1.82, 2.24) is 19.5 Å². The second kappa shape index (κ2) is 7.76. The summed E-state index contributed by atoms with van der Waals surface area (Å²) in [5.41, 5.74) is 4.59. The molecule has 0 unspecified atom stereocenters. The molecule has 1 amide bonds. The van der Waals surface area contributed by atoms with Gasteiger partial charge in [-0.25, -0.2) is 9.50 Å². The summed E-state index contributed by atoms with van der Waals surface area (Å²) in [7, 11) is 0. The van der Waals surface area contributed by atoms with Crippen LogP contribution in [0.5, 0.6) is 0 Å². The number of carbonyl (C=O) groups excluding carboxylic acids is 1. The van der Waals surface area contributed by atoms with Gasteiger partial charge in [-0.2, -0.15) is 5.10 Å². The maximum absolute atomic E-state index is 13.3. The fraction of sp³-hybridized carbons (Fsp3) is 0.409. The van der Waals surface area contributed by atoms with Crippen molar-refractivity contribution in [1.29, 1.82) is 0 Å². The van der Waals surface area contributed by atoms with Crippen molar-refractivity contribution >= 4 is 23.2 Å². The molecule has 7 heteroatoms. The zero-order valence-electron chi connectivity index (χ0n) is 16.9. The number of nitrogens with zero attached hydrogens (tertiary/aromatic N) is 4. The summed E-state index contributed by atoms with van der Waals surface area (Å²) < 4.78 is 1.74. The lowest BCUT2D eigenvalue weighted by Crippen LogP contribution is -2.40. The zero-order chi connectivity index (χ0) is 20.7. The first-order valence-electron chi connectivity index (χ1n) is 9.91. The number of halogens is 1. The fourth-order valence-electron chi connectivity index (χ4n) is 4.19. The van der Waals surface area contributed by atoms with Crippen LogP contribution in [0.4, 0.5) is 0 Å². The second-order valence-corrected chi connectivity index (χ2v) is 8.30. The number of aliphatic hydroxyl groups excluding tert-OH is 1. The van der Waals surface area contributed by atoms with Gasteiger partial charge in [0, 0.05) is 29.5 Å². The Kier molecular flexibility index (Phi) is 5.32. The predicted molar refractivity (Wildman–Crippen MR) is 112 cm³/mol. The second-order valence-electron chi connectivity index (χ2n) is 7.86. The number of carbonyl (C=O) groups is 1. The summed E-state index contributed by atoms with van der Waals surface area (Å²) in [5, 5.41) is 15.9. The molecule has 0 spiro atoms. The van der Waals surface area contributed by atoms with Gasteiger partial charge in [-0.1, -0.05) is 23.7 Å². The van der Waals surface area contributed by atoms with Gasteiger partial charge in [0.1, 0.15) is 5.56 Å². The van der Waals surface area contributed by atoms with Gasteiger partial charge in [-0.3, -0.25) is 4.79 Å². The summed E-state index contributed by atoms with van der Waals surface area (Å²) in [5.74, 6) is 0.0854. The van der Waals surface area contributed by atoms with Crippen LogP contribution in [-0.2, 0) is 0 Å². The van der Waals surface area contributed by atoms with Crippen molar-refractivity contribution in [2.75, 3.05) is 13.1 Å². The summed E-state index contributed by atoms with van der Waals surface area (Å²) >= 11 is 5.94. The Bertz CT molecular complexity index is 1050. The molecule has 0 saturated carbocycles. The molecule has 0 radical (unpaired) electrons. The number of aliphatic hydroxyl groups is 1. The summed E-state index contributed by atoms with van der Waals surface area (Å²) in [6.07, 6.45) is 0.952. The van der Waals surface area contributed by atoms with Crippen molar-refractivity contribution in [2.45, 2.75) is 39.7 Å². The van der Waals surface area contributed by atoms with Crippen LogP contribution in [0.1, 0.15) is 51.9 Å². The van der Waals surface area contributed by atoms with E-state index in [1.807, 2.05) is 43.9 Å². The molecule has 1 N–H and O–H groups in total. The third-order valence-corrected chi connectivity index (χ3v) is 6.02. The number of likely N-dealkylation sites (tertiary alicyclic amines) is 1. The number of amides is 1. The Labute approximate surface area is 175 Å². The van der Waals surface area contributed by atoms with E-state index in [9.17, 15) is 9.90 Å². The molecule has 1 atom stereocenters. The Hall–Kier alpha value is -2.44. The highest BCUT2D eigenvalue weighted by Crippen LogP contribution is 2.32. The first kappa shape index (κ1) is 19.9. The van der Waals surface area contributed by atoms with Crippen LogP contribution in [-0.4, -0.2) is 43.6 Å². The maximum atomic E-state index is 13.3. The molecular weight excluding hydrogens is 388 g/mol. The van der Waals surface area contributed by atoms with E-state index in [0.29, 0.717) is 35.0 Å². The Balaban J connectivity index is 1.50. The molecule has 152 valence electrons. The molecule has 1 aromatic carbocycles. The first-order chi connectivity index (χ1) is 13.8. The van der Waals surface area contributed by atoms with Gasteiger partial charge >= 0.3 is 0 Å². The number of aromatic nitrogens is 3. The molecule has 1 saturated heterocycles. The highest BCUT2D eigenvalue weighted by atomic mass is 35.5. The molecule has 0 bridgehead atoms. The minimum absolute atomic E-state index is 0.0329. The van der Waals surface area contributed by atoms with E-state index in [0.717, 1.165) is 29.8 Å². The topological polar surface area (TPSA) is 70.7 Å². The summed E-state index contributed by atoms with van der Waals surface area (Å²) in [4.78, 5) is 19.7. The third-order valence-electron chi connectivity index (χ3n) is 5.77. The number of fused-ring (bicyclic) bond motifs is 1. The number of hydrogen-bond donors (Lipinski definition) is 1. The highest BCUT2D eigenvalue weighted by Gasteiger charge is 2.31. The Morgan fingerprint density at radius 1 is 1.17 bits per heavy atom. The van der Waals surface area contributed by atoms with Crippen molar-refractivity contribution in [3.8, 4) is 0 Å². The molecule has 3 heterocycles. The number of aryl methyl sites for hydroxylation is 3. The minimum Gasteiger partial charge on any atom is -0.388 e. The Morgan fingerprint density at radius 3 is 2.48 bits per heavy atom. The van der Waals surface area contributed by atoms with E-state index in [4.69, 9.17) is 11.6 Å². The van der Waals surface area contributed by atoms with Crippen LogP contribution in [0, 0.1) is 26.7 Å². The molecule has 1 fully saturated rings. The van der Waals surface area contributed by atoms with Gasteiger partial charge in [0.15, 0.2) is 5.65 Å². The average Bonchev–Trinajstić information content (AvgIpc) is 3.04. The fourth-order valence-corrected chi connectivity index (χ4v) is 4.31. The third kappa shape index (κ3) is 3.74. The molecule has 6 nitrogen and oxygen atoms in total. The largest absolute Gasteiger partial charge is 0.388 e. The monoisotopic (exact) mass is 412 g/mol. The molecule has 0 aliphatic carbocycles. The highest BCUT2D eigenvalue weighted by molar-refractivity contribution is 6.30. The average molecular weight is 413 g/mol. The lowest BCUT2D eigenvalue weighted by atomic mass is 9.87. The first-order valence-corrected chi connectivity index (χ1v) is 10.3. The molecule has 29 heavy (non-hydrogen) atoms. The van der Waals surface area contributed by atoms with Crippen molar-refractivity contribution in [3.05, 3.63) is 63.6 Å². The van der Waals surface area contributed by atoms with Gasteiger partial charge in [0.25, 0.3) is 5.91 Å². The van der Waals surface area contributed by atoms with Gasteiger partial charge in [0.2, 0.25) is 0 Å². The van der Waals surface area contributed by atoms with E-state index in [2.05, 4.69) is 10.1 Å². The lowest BCUT2D eigenvalue weighted by molar-refractivity contribution is 0.0463.